The van der Waals surface area contributed by atoms with Crippen LogP contribution in [-0.2, 0) is 22.6 Å². The van der Waals surface area contributed by atoms with Crippen molar-refractivity contribution in [1.82, 2.24) is 10.2 Å². The lowest BCUT2D eigenvalue weighted by atomic mass is 10.0. The molecular formula is C30H35FN2O5. The summed E-state index contributed by atoms with van der Waals surface area (Å²) in [6.07, 6.45) is 0.988. The van der Waals surface area contributed by atoms with Crippen molar-refractivity contribution in [2.45, 2.75) is 45.3 Å². The van der Waals surface area contributed by atoms with Gasteiger partial charge in [-0.15, -0.1) is 0 Å². The number of hydrogen-bond acceptors (Lipinski definition) is 5. The van der Waals surface area contributed by atoms with E-state index in [1.807, 2.05) is 44.2 Å². The molecule has 0 saturated heterocycles. The molecular weight excluding hydrogens is 487 g/mol. The van der Waals surface area contributed by atoms with E-state index >= 15 is 0 Å². The molecule has 0 aliphatic rings. The zero-order chi connectivity index (χ0) is 27.5. The summed E-state index contributed by atoms with van der Waals surface area (Å²) in [4.78, 5) is 28.6. The Hall–Kier alpha value is -4.07. The maximum atomic E-state index is 14.7. The minimum atomic E-state index is -0.887. The Labute approximate surface area is 223 Å². The minimum Gasteiger partial charge on any atom is -0.496 e. The van der Waals surface area contributed by atoms with Crippen molar-refractivity contribution >= 4 is 11.8 Å². The van der Waals surface area contributed by atoms with E-state index in [0.717, 1.165) is 12.0 Å². The molecule has 0 radical (unpaired) electrons. The number of carbonyl (C=O) groups is 2. The molecule has 0 aliphatic carbocycles. The third-order valence-corrected chi connectivity index (χ3v) is 6.26. The Morgan fingerprint density at radius 2 is 1.53 bits per heavy atom. The maximum Gasteiger partial charge on any atom is 0.261 e. The van der Waals surface area contributed by atoms with Gasteiger partial charge in [-0.05, 0) is 25.0 Å². The fourth-order valence-electron chi connectivity index (χ4n) is 3.90. The minimum absolute atomic E-state index is 0.0910. The van der Waals surface area contributed by atoms with Crippen LogP contribution in [0.15, 0.2) is 72.8 Å². The lowest BCUT2D eigenvalue weighted by molar-refractivity contribution is -0.143. The molecule has 38 heavy (non-hydrogen) atoms. The number of carbonyl (C=O) groups excluding carboxylic acids is 2. The van der Waals surface area contributed by atoms with Gasteiger partial charge in [-0.3, -0.25) is 9.59 Å². The van der Waals surface area contributed by atoms with Gasteiger partial charge in [-0.2, -0.15) is 0 Å². The lowest BCUT2D eigenvalue weighted by Gasteiger charge is -2.32. The zero-order valence-electron chi connectivity index (χ0n) is 22.3. The summed E-state index contributed by atoms with van der Waals surface area (Å²) in [7, 11) is 3.04. The van der Waals surface area contributed by atoms with Crippen molar-refractivity contribution in [3.05, 3.63) is 89.7 Å². The van der Waals surface area contributed by atoms with Crippen LogP contribution in [0.3, 0.4) is 0 Å². The van der Waals surface area contributed by atoms with E-state index in [9.17, 15) is 14.0 Å². The third-order valence-electron chi connectivity index (χ3n) is 6.26. The second kappa shape index (κ2) is 14.0. The van der Waals surface area contributed by atoms with Crippen molar-refractivity contribution in [1.29, 1.82) is 0 Å². The van der Waals surface area contributed by atoms with Crippen LogP contribution < -0.4 is 19.5 Å². The summed E-state index contributed by atoms with van der Waals surface area (Å²) in [6, 6.07) is 19.6. The van der Waals surface area contributed by atoms with Crippen molar-refractivity contribution in [3.8, 4) is 17.2 Å². The summed E-state index contributed by atoms with van der Waals surface area (Å²) in [6.45, 7) is 3.41. The van der Waals surface area contributed by atoms with Gasteiger partial charge in [0, 0.05) is 42.8 Å². The predicted molar refractivity (Wildman–Crippen MR) is 144 cm³/mol. The van der Waals surface area contributed by atoms with Gasteiger partial charge in [-0.1, -0.05) is 55.5 Å². The topological polar surface area (TPSA) is 77.1 Å². The van der Waals surface area contributed by atoms with Gasteiger partial charge < -0.3 is 24.4 Å². The highest BCUT2D eigenvalue weighted by Crippen LogP contribution is 2.27. The van der Waals surface area contributed by atoms with Gasteiger partial charge in [0.1, 0.15) is 29.1 Å². The second-order valence-corrected chi connectivity index (χ2v) is 8.97. The molecule has 0 aliphatic heterocycles. The molecule has 3 aromatic carbocycles. The molecule has 202 valence electrons. The van der Waals surface area contributed by atoms with Crippen molar-refractivity contribution in [2.75, 3.05) is 20.8 Å². The summed E-state index contributed by atoms with van der Waals surface area (Å²) in [5.41, 5.74) is 1.18. The first-order valence-electron chi connectivity index (χ1n) is 12.6. The van der Waals surface area contributed by atoms with Gasteiger partial charge in [0.2, 0.25) is 5.91 Å². The van der Waals surface area contributed by atoms with Crippen LogP contribution in [0.1, 0.15) is 31.4 Å². The highest BCUT2D eigenvalue weighted by molar-refractivity contribution is 5.88. The molecule has 3 aromatic rings. The first-order valence-corrected chi connectivity index (χ1v) is 12.6. The van der Waals surface area contributed by atoms with E-state index in [-0.39, 0.29) is 31.5 Å². The largest absolute Gasteiger partial charge is 0.496 e. The predicted octanol–water partition coefficient (Wildman–Crippen LogP) is 4.78. The molecule has 1 N–H and O–H groups in total. The van der Waals surface area contributed by atoms with Gasteiger partial charge in [0.05, 0.1) is 14.2 Å². The summed E-state index contributed by atoms with van der Waals surface area (Å²) in [5, 5.41) is 2.99. The first-order chi connectivity index (χ1) is 18.3. The number of benzene rings is 3. The van der Waals surface area contributed by atoms with Crippen molar-refractivity contribution in [2.24, 2.45) is 0 Å². The van der Waals surface area contributed by atoms with Gasteiger partial charge in [0.25, 0.3) is 5.91 Å². The van der Waals surface area contributed by atoms with E-state index < -0.39 is 17.8 Å². The number of ether oxygens (including phenoxy) is 3. The number of amides is 2. The highest BCUT2D eigenvalue weighted by atomic mass is 19.1. The smallest absolute Gasteiger partial charge is 0.261 e. The Morgan fingerprint density at radius 3 is 2.13 bits per heavy atom. The van der Waals surface area contributed by atoms with E-state index in [1.54, 1.807) is 36.4 Å². The molecule has 2 unspecified atom stereocenters. The molecule has 0 aromatic heterocycles. The summed E-state index contributed by atoms with van der Waals surface area (Å²) < 4.78 is 31.1. The first kappa shape index (κ1) is 28.5. The number of nitrogens with zero attached hydrogens (tertiary/aromatic N) is 1. The second-order valence-electron chi connectivity index (χ2n) is 8.97. The average Bonchev–Trinajstić information content (AvgIpc) is 2.94. The fraction of sp³-hybridized carbons (Fsp3) is 0.333. The molecule has 3 rings (SSSR count). The van der Waals surface area contributed by atoms with Crippen molar-refractivity contribution < 1.29 is 28.2 Å². The Kier molecular flexibility index (Phi) is 10.5. The van der Waals surface area contributed by atoms with Crippen LogP contribution in [-0.4, -0.2) is 49.6 Å². The van der Waals surface area contributed by atoms with Gasteiger partial charge in [0.15, 0.2) is 6.61 Å². The maximum absolute atomic E-state index is 14.7. The standard InChI is InChI=1S/C30H35FN2O5/c1-5-21(2)32-30(35)28(15-22-11-7-6-8-12-22)33(19-23-13-9-10-14-27(23)31)29(34)20-38-26-17-24(36-3)16-25(18-26)37-4/h6-14,16-18,21,28H,5,15,19-20H2,1-4H3,(H,32,35). The third kappa shape index (κ3) is 7.96. The van der Waals surface area contributed by atoms with Crippen molar-refractivity contribution in [3.63, 3.8) is 0 Å². The quantitative estimate of drug-likeness (QED) is 0.350. The Morgan fingerprint density at radius 1 is 0.921 bits per heavy atom. The monoisotopic (exact) mass is 522 g/mol. The fourth-order valence-corrected chi connectivity index (χ4v) is 3.90. The van der Waals surface area contributed by atoms with Gasteiger partial charge >= 0.3 is 0 Å². The van der Waals surface area contributed by atoms with E-state index in [2.05, 4.69) is 5.32 Å². The van der Waals surface area contributed by atoms with Crippen LogP contribution in [0.25, 0.3) is 0 Å². The molecule has 0 spiro atoms. The number of halogens is 1. The zero-order valence-corrected chi connectivity index (χ0v) is 22.3. The molecule has 2 atom stereocenters. The average molecular weight is 523 g/mol. The summed E-state index contributed by atoms with van der Waals surface area (Å²) in [5.74, 6) is 0.148. The molecule has 8 heteroatoms. The van der Waals surface area contributed by atoms with Crippen LogP contribution in [0, 0.1) is 5.82 Å². The number of rotatable bonds is 13. The number of nitrogens with one attached hydrogen (secondary N) is 1. The van der Waals surface area contributed by atoms with Crippen LogP contribution >= 0.6 is 0 Å². The molecule has 0 bridgehead atoms. The molecule has 0 saturated carbocycles. The van der Waals surface area contributed by atoms with Crippen LogP contribution in [0.4, 0.5) is 4.39 Å². The van der Waals surface area contributed by atoms with Crippen LogP contribution in [0.5, 0.6) is 17.2 Å². The molecule has 0 fully saturated rings. The Bertz CT molecular complexity index is 1180. The van der Waals surface area contributed by atoms with E-state index in [0.29, 0.717) is 22.8 Å². The van der Waals surface area contributed by atoms with E-state index in [4.69, 9.17) is 14.2 Å². The van der Waals surface area contributed by atoms with Gasteiger partial charge in [-0.25, -0.2) is 4.39 Å². The normalized spacial score (nSPS) is 12.2. The summed E-state index contributed by atoms with van der Waals surface area (Å²) >= 11 is 0. The number of methoxy groups -OCH3 is 2. The van der Waals surface area contributed by atoms with E-state index in [1.165, 1.54) is 25.2 Å². The highest BCUT2D eigenvalue weighted by Gasteiger charge is 2.31. The SMILES string of the molecule is CCC(C)NC(=O)C(Cc1ccccc1)N(Cc1ccccc1F)C(=O)COc1cc(OC)cc(OC)c1. The molecule has 0 heterocycles. The molecule has 7 nitrogen and oxygen atoms in total. The number of hydrogen-bond donors (Lipinski definition) is 1. The lowest BCUT2D eigenvalue weighted by Crippen LogP contribution is -2.53. The molecule has 2 amide bonds. The Balaban J connectivity index is 1.94. The van der Waals surface area contributed by atoms with Crippen LogP contribution in [0.2, 0.25) is 0 Å².